The van der Waals surface area contributed by atoms with Crippen molar-refractivity contribution in [3.8, 4) is 0 Å². The Morgan fingerprint density at radius 1 is 1.17 bits per heavy atom. The van der Waals surface area contributed by atoms with Gasteiger partial charge >= 0.3 is 0 Å². The van der Waals surface area contributed by atoms with E-state index in [2.05, 4.69) is 56.9 Å². The molecule has 1 aliphatic heterocycles. The first-order chi connectivity index (χ1) is 8.45. The van der Waals surface area contributed by atoms with E-state index in [9.17, 15) is 0 Å². The molecule has 1 aliphatic rings. The van der Waals surface area contributed by atoms with Crippen LogP contribution in [0.3, 0.4) is 0 Å². The molecule has 0 aromatic heterocycles. The molecule has 2 rings (SSSR count). The van der Waals surface area contributed by atoms with Crippen LogP contribution >= 0.6 is 0 Å². The van der Waals surface area contributed by atoms with E-state index in [0.717, 1.165) is 12.5 Å². The highest BCUT2D eigenvalue weighted by molar-refractivity contribution is 5.27. The van der Waals surface area contributed by atoms with E-state index >= 15 is 0 Å². The lowest BCUT2D eigenvalue weighted by atomic mass is 9.86. The number of hydrogen-bond acceptors (Lipinski definition) is 1. The average Bonchev–Trinajstić information content (AvgIpc) is 2.28. The van der Waals surface area contributed by atoms with Crippen LogP contribution in [0, 0.1) is 5.92 Å². The van der Waals surface area contributed by atoms with E-state index in [0.29, 0.717) is 0 Å². The summed E-state index contributed by atoms with van der Waals surface area (Å²) in [6.45, 7) is 12.8. The molecule has 18 heavy (non-hydrogen) atoms. The van der Waals surface area contributed by atoms with Crippen LogP contribution < -0.4 is 0 Å². The number of likely N-dealkylation sites (tertiary alicyclic amines) is 1. The molecular weight excluding hydrogens is 218 g/mol. The first-order valence-corrected chi connectivity index (χ1v) is 7.27. The van der Waals surface area contributed by atoms with Gasteiger partial charge in [-0.25, -0.2) is 0 Å². The lowest BCUT2D eigenvalue weighted by molar-refractivity contribution is 0.176. The van der Waals surface area contributed by atoms with Crippen LogP contribution in [-0.4, -0.2) is 18.0 Å². The van der Waals surface area contributed by atoms with Crippen LogP contribution in [-0.2, 0) is 12.0 Å². The third-order valence-electron chi connectivity index (χ3n) is 3.97. The second-order valence-electron chi connectivity index (χ2n) is 6.93. The van der Waals surface area contributed by atoms with Gasteiger partial charge < -0.3 is 0 Å². The number of piperidine rings is 1. The minimum atomic E-state index is 0.262. The van der Waals surface area contributed by atoms with Gasteiger partial charge in [0, 0.05) is 13.1 Å². The molecule has 1 heteroatoms. The van der Waals surface area contributed by atoms with Crippen molar-refractivity contribution >= 4 is 0 Å². The molecule has 1 heterocycles. The lowest BCUT2D eigenvalue weighted by Gasteiger charge is -2.31. The summed E-state index contributed by atoms with van der Waals surface area (Å²) in [6, 6.07) is 9.20. The molecule has 0 N–H and O–H groups in total. The van der Waals surface area contributed by atoms with Gasteiger partial charge in [0.25, 0.3) is 0 Å². The fourth-order valence-corrected chi connectivity index (χ4v) is 2.80. The molecule has 0 aliphatic carbocycles. The lowest BCUT2D eigenvalue weighted by Crippen LogP contribution is -2.33. The summed E-state index contributed by atoms with van der Waals surface area (Å²) < 4.78 is 0. The highest BCUT2D eigenvalue weighted by Crippen LogP contribution is 2.23. The van der Waals surface area contributed by atoms with Gasteiger partial charge in [0.05, 0.1) is 0 Å². The van der Waals surface area contributed by atoms with Crippen LogP contribution in [0.25, 0.3) is 0 Å². The predicted octanol–water partition coefficient (Wildman–Crippen LogP) is 4.22. The van der Waals surface area contributed by atoms with Gasteiger partial charge in [-0.2, -0.15) is 0 Å². The fourth-order valence-electron chi connectivity index (χ4n) is 2.80. The van der Waals surface area contributed by atoms with Gasteiger partial charge in [0.1, 0.15) is 0 Å². The molecule has 1 aromatic rings. The first-order valence-electron chi connectivity index (χ1n) is 7.27. The Hall–Kier alpha value is -0.820. The average molecular weight is 245 g/mol. The van der Waals surface area contributed by atoms with Crippen molar-refractivity contribution in [1.29, 1.82) is 0 Å². The monoisotopic (exact) mass is 245 g/mol. The third-order valence-corrected chi connectivity index (χ3v) is 3.97. The molecule has 0 radical (unpaired) electrons. The minimum Gasteiger partial charge on any atom is -0.299 e. The Bertz CT molecular complexity index is 372. The highest BCUT2D eigenvalue weighted by Gasteiger charge is 2.17. The summed E-state index contributed by atoms with van der Waals surface area (Å²) in [7, 11) is 0. The van der Waals surface area contributed by atoms with Crippen LogP contribution in [0.2, 0.25) is 0 Å². The SMILES string of the molecule is C[C@H]1CCCN(Cc2ccc(C(C)(C)C)cc2)C1. The Balaban J connectivity index is 1.98. The summed E-state index contributed by atoms with van der Waals surface area (Å²) in [4.78, 5) is 2.60. The number of benzene rings is 1. The maximum Gasteiger partial charge on any atom is 0.0233 e. The molecule has 1 nitrogen and oxygen atoms in total. The minimum absolute atomic E-state index is 0.262. The standard InChI is InChI=1S/C17H27N/c1-14-6-5-11-18(12-14)13-15-7-9-16(10-8-15)17(2,3)4/h7-10,14H,5-6,11-13H2,1-4H3/t14-/m0/s1. The van der Waals surface area contributed by atoms with E-state index in [4.69, 9.17) is 0 Å². The fraction of sp³-hybridized carbons (Fsp3) is 0.647. The van der Waals surface area contributed by atoms with Crippen molar-refractivity contribution in [2.45, 2.75) is 52.5 Å². The van der Waals surface area contributed by atoms with Crippen molar-refractivity contribution in [1.82, 2.24) is 4.90 Å². The van der Waals surface area contributed by atoms with Crippen molar-refractivity contribution in [3.63, 3.8) is 0 Å². The van der Waals surface area contributed by atoms with Gasteiger partial charge in [-0.15, -0.1) is 0 Å². The summed E-state index contributed by atoms with van der Waals surface area (Å²) >= 11 is 0. The van der Waals surface area contributed by atoms with Crippen molar-refractivity contribution in [2.75, 3.05) is 13.1 Å². The smallest absolute Gasteiger partial charge is 0.0233 e. The normalized spacial score (nSPS) is 22.1. The number of hydrogen-bond donors (Lipinski definition) is 0. The molecule has 0 spiro atoms. The van der Waals surface area contributed by atoms with Gasteiger partial charge in [-0.1, -0.05) is 52.0 Å². The summed E-state index contributed by atoms with van der Waals surface area (Å²) in [6.07, 6.45) is 2.76. The van der Waals surface area contributed by atoms with E-state index in [1.165, 1.54) is 37.1 Å². The molecule has 0 saturated carbocycles. The summed E-state index contributed by atoms with van der Waals surface area (Å²) in [5.41, 5.74) is 3.15. The molecule has 1 atom stereocenters. The zero-order chi connectivity index (χ0) is 13.2. The molecular formula is C17H27N. The highest BCUT2D eigenvalue weighted by atomic mass is 15.1. The van der Waals surface area contributed by atoms with E-state index < -0.39 is 0 Å². The van der Waals surface area contributed by atoms with Gasteiger partial charge in [0.2, 0.25) is 0 Å². The number of rotatable bonds is 2. The maximum atomic E-state index is 2.60. The van der Waals surface area contributed by atoms with Crippen LogP contribution in [0.1, 0.15) is 51.7 Å². The third kappa shape index (κ3) is 3.58. The Morgan fingerprint density at radius 2 is 1.83 bits per heavy atom. The zero-order valence-electron chi connectivity index (χ0n) is 12.4. The van der Waals surface area contributed by atoms with E-state index in [1.54, 1.807) is 0 Å². The molecule has 1 saturated heterocycles. The Morgan fingerprint density at radius 3 is 2.39 bits per heavy atom. The van der Waals surface area contributed by atoms with Gasteiger partial charge in [-0.05, 0) is 41.8 Å². The van der Waals surface area contributed by atoms with Crippen LogP contribution in [0.5, 0.6) is 0 Å². The molecule has 0 bridgehead atoms. The Kier molecular flexibility index (Phi) is 4.11. The second kappa shape index (κ2) is 5.44. The predicted molar refractivity (Wildman–Crippen MR) is 78.8 cm³/mol. The van der Waals surface area contributed by atoms with Crippen LogP contribution in [0.4, 0.5) is 0 Å². The van der Waals surface area contributed by atoms with Crippen molar-refractivity contribution in [2.24, 2.45) is 5.92 Å². The zero-order valence-corrected chi connectivity index (χ0v) is 12.4. The maximum absolute atomic E-state index is 2.60. The summed E-state index contributed by atoms with van der Waals surface area (Å²) in [5.74, 6) is 0.868. The second-order valence-corrected chi connectivity index (χ2v) is 6.93. The van der Waals surface area contributed by atoms with Gasteiger partial charge in [-0.3, -0.25) is 4.90 Å². The number of nitrogens with zero attached hydrogens (tertiary/aromatic N) is 1. The molecule has 1 aromatic carbocycles. The molecule has 100 valence electrons. The van der Waals surface area contributed by atoms with Crippen molar-refractivity contribution < 1.29 is 0 Å². The molecule has 0 amide bonds. The first kappa shape index (κ1) is 13.6. The van der Waals surface area contributed by atoms with Gasteiger partial charge in [0.15, 0.2) is 0 Å². The quantitative estimate of drug-likeness (QED) is 0.754. The topological polar surface area (TPSA) is 3.24 Å². The van der Waals surface area contributed by atoms with E-state index in [-0.39, 0.29) is 5.41 Å². The van der Waals surface area contributed by atoms with Crippen molar-refractivity contribution in [3.05, 3.63) is 35.4 Å². The molecule has 1 fully saturated rings. The summed E-state index contributed by atoms with van der Waals surface area (Å²) in [5, 5.41) is 0. The molecule has 0 unspecified atom stereocenters. The van der Waals surface area contributed by atoms with Crippen LogP contribution in [0.15, 0.2) is 24.3 Å². The Labute approximate surface area is 112 Å². The van der Waals surface area contributed by atoms with E-state index in [1.807, 2.05) is 0 Å². The largest absolute Gasteiger partial charge is 0.299 e.